The van der Waals surface area contributed by atoms with Crippen LogP contribution in [-0.4, -0.2) is 26.9 Å². The smallest absolute Gasteiger partial charge is 0.251 e. The zero-order chi connectivity index (χ0) is 18.4. The lowest BCUT2D eigenvalue weighted by Gasteiger charge is -2.11. The first-order valence-corrected chi connectivity index (χ1v) is 9.42. The van der Waals surface area contributed by atoms with Crippen molar-refractivity contribution in [3.8, 4) is 0 Å². The van der Waals surface area contributed by atoms with Crippen LogP contribution in [0.3, 0.4) is 0 Å². The molecule has 0 aromatic heterocycles. The van der Waals surface area contributed by atoms with Gasteiger partial charge in [0, 0.05) is 18.2 Å². The van der Waals surface area contributed by atoms with Gasteiger partial charge in [-0.15, -0.1) is 0 Å². The minimum atomic E-state index is -3.66. The Bertz CT molecular complexity index is 851. The molecule has 25 heavy (non-hydrogen) atoms. The molecule has 0 heterocycles. The number of rotatable bonds is 7. The molecule has 0 aliphatic carbocycles. The van der Waals surface area contributed by atoms with Crippen molar-refractivity contribution in [1.82, 2.24) is 10.0 Å². The van der Waals surface area contributed by atoms with Gasteiger partial charge >= 0.3 is 0 Å². The van der Waals surface area contributed by atoms with Crippen molar-refractivity contribution in [2.45, 2.75) is 31.2 Å². The molecule has 0 aliphatic rings. The van der Waals surface area contributed by atoms with E-state index in [-0.39, 0.29) is 28.9 Å². The zero-order valence-corrected chi connectivity index (χ0v) is 14.9. The van der Waals surface area contributed by atoms with Crippen LogP contribution in [-0.2, 0) is 16.4 Å². The third kappa shape index (κ3) is 5.37. The van der Waals surface area contributed by atoms with Gasteiger partial charge in [0.25, 0.3) is 5.91 Å². The molecule has 134 valence electrons. The van der Waals surface area contributed by atoms with Crippen molar-refractivity contribution in [3.05, 3.63) is 65.5 Å². The molecule has 2 rings (SSSR count). The molecule has 2 aromatic rings. The molecule has 0 radical (unpaired) electrons. The summed E-state index contributed by atoms with van der Waals surface area (Å²) in [5.74, 6) is -0.720. The van der Waals surface area contributed by atoms with Crippen molar-refractivity contribution in [2.24, 2.45) is 0 Å². The lowest BCUT2D eigenvalue weighted by Crippen LogP contribution is -2.31. The molecule has 1 amide bonds. The molecular formula is C18H21FN2O3S. The van der Waals surface area contributed by atoms with Crippen LogP contribution >= 0.6 is 0 Å². The Hall–Kier alpha value is -2.25. The molecule has 0 atom stereocenters. The molecule has 0 fully saturated rings. The van der Waals surface area contributed by atoms with E-state index in [2.05, 4.69) is 10.0 Å². The average Bonchev–Trinajstić information content (AvgIpc) is 2.55. The Kier molecular flexibility index (Phi) is 6.27. The van der Waals surface area contributed by atoms with Gasteiger partial charge < -0.3 is 5.32 Å². The van der Waals surface area contributed by atoms with E-state index in [9.17, 15) is 17.6 Å². The highest BCUT2D eigenvalue weighted by molar-refractivity contribution is 7.89. The molecule has 0 saturated heterocycles. The molecule has 5 nitrogen and oxygen atoms in total. The summed E-state index contributed by atoms with van der Waals surface area (Å²) in [7, 11) is -3.66. The summed E-state index contributed by atoms with van der Waals surface area (Å²) in [6.45, 7) is 3.69. The van der Waals surface area contributed by atoms with E-state index in [4.69, 9.17) is 0 Å². The highest BCUT2D eigenvalue weighted by Crippen LogP contribution is 2.12. The van der Waals surface area contributed by atoms with Gasteiger partial charge in [0.15, 0.2) is 0 Å². The van der Waals surface area contributed by atoms with Crippen molar-refractivity contribution >= 4 is 15.9 Å². The largest absolute Gasteiger partial charge is 0.352 e. The first-order valence-electron chi connectivity index (χ1n) is 7.93. The second-order valence-electron chi connectivity index (χ2n) is 5.90. The van der Waals surface area contributed by atoms with Crippen LogP contribution in [0.15, 0.2) is 53.4 Å². The number of carbonyl (C=O) groups excluding carboxylic acids is 1. The predicted octanol–water partition coefficient (Wildman–Crippen LogP) is 2.48. The maximum atomic E-state index is 13.5. The normalized spacial score (nSPS) is 11.5. The lowest BCUT2D eigenvalue weighted by molar-refractivity contribution is 0.0954. The monoisotopic (exact) mass is 364 g/mol. The molecule has 0 saturated carbocycles. The SMILES string of the molecule is CC(C)NS(=O)(=O)c1cccc(C(=O)NCCc2ccccc2F)c1. The summed E-state index contributed by atoms with van der Waals surface area (Å²) in [5, 5.41) is 2.67. The summed E-state index contributed by atoms with van der Waals surface area (Å²) in [5.41, 5.74) is 0.750. The maximum absolute atomic E-state index is 13.5. The van der Waals surface area contributed by atoms with Crippen LogP contribution in [0.2, 0.25) is 0 Å². The number of amides is 1. The first kappa shape index (κ1) is 19.1. The van der Waals surface area contributed by atoms with Crippen LogP contribution in [0.25, 0.3) is 0 Å². The summed E-state index contributed by atoms with van der Waals surface area (Å²) in [4.78, 5) is 12.2. The van der Waals surface area contributed by atoms with E-state index in [1.165, 1.54) is 30.3 Å². The number of hydrogen-bond donors (Lipinski definition) is 2. The van der Waals surface area contributed by atoms with E-state index < -0.39 is 15.9 Å². The van der Waals surface area contributed by atoms with Gasteiger partial charge in [-0.25, -0.2) is 17.5 Å². The number of benzene rings is 2. The minimum Gasteiger partial charge on any atom is -0.352 e. The fourth-order valence-electron chi connectivity index (χ4n) is 2.30. The summed E-state index contributed by atoms with van der Waals surface area (Å²) in [6.07, 6.45) is 0.352. The number of halogens is 1. The van der Waals surface area contributed by atoms with Gasteiger partial charge in [0.2, 0.25) is 10.0 Å². The topological polar surface area (TPSA) is 75.3 Å². The third-order valence-corrected chi connectivity index (χ3v) is 5.09. The maximum Gasteiger partial charge on any atom is 0.251 e. The van der Waals surface area contributed by atoms with Crippen LogP contribution in [0.1, 0.15) is 29.8 Å². The van der Waals surface area contributed by atoms with E-state index in [0.29, 0.717) is 12.0 Å². The Labute approximate surface area is 147 Å². The van der Waals surface area contributed by atoms with Crippen molar-refractivity contribution in [3.63, 3.8) is 0 Å². The second-order valence-corrected chi connectivity index (χ2v) is 7.62. The van der Waals surface area contributed by atoms with E-state index in [1.807, 2.05) is 0 Å². The number of hydrogen-bond acceptors (Lipinski definition) is 3. The molecule has 0 unspecified atom stereocenters. The highest BCUT2D eigenvalue weighted by Gasteiger charge is 2.17. The molecule has 2 aromatic carbocycles. The standard InChI is InChI=1S/C18H21FN2O3S/c1-13(2)21-25(23,24)16-8-5-7-15(12-16)18(22)20-11-10-14-6-3-4-9-17(14)19/h3-9,12-13,21H,10-11H2,1-2H3,(H,20,22). The van der Waals surface area contributed by atoms with Crippen molar-refractivity contribution in [1.29, 1.82) is 0 Å². The number of carbonyl (C=O) groups is 1. The fraction of sp³-hybridized carbons (Fsp3) is 0.278. The Morgan fingerprint density at radius 3 is 2.52 bits per heavy atom. The van der Waals surface area contributed by atoms with E-state index in [1.54, 1.807) is 32.0 Å². The van der Waals surface area contributed by atoms with Crippen LogP contribution in [0, 0.1) is 5.82 Å². The number of sulfonamides is 1. The molecular weight excluding hydrogens is 343 g/mol. The number of nitrogens with one attached hydrogen (secondary N) is 2. The Balaban J connectivity index is 2.03. The predicted molar refractivity (Wildman–Crippen MR) is 94.3 cm³/mol. The van der Waals surface area contributed by atoms with E-state index in [0.717, 1.165) is 0 Å². The zero-order valence-electron chi connectivity index (χ0n) is 14.1. The van der Waals surface area contributed by atoms with Gasteiger partial charge in [-0.1, -0.05) is 24.3 Å². The quantitative estimate of drug-likeness (QED) is 0.793. The summed E-state index contributed by atoms with van der Waals surface area (Å²) < 4.78 is 40.3. The molecule has 0 aliphatic heterocycles. The third-order valence-electron chi connectivity index (χ3n) is 3.44. The molecule has 2 N–H and O–H groups in total. The molecule has 0 bridgehead atoms. The van der Waals surface area contributed by atoms with Gasteiger partial charge in [0.05, 0.1) is 4.90 Å². The summed E-state index contributed by atoms with van der Waals surface area (Å²) >= 11 is 0. The molecule has 0 spiro atoms. The fourth-order valence-corrected chi connectivity index (χ4v) is 3.59. The minimum absolute atomic E-state index is 0.0305. The van der Waals surface area contributed by atoms with Crippen LogP contribution < -0.4 is 10.0 Å². The van der Waals surface area contributed by atoms with Crippen molar-refractivity contribution in [2.75, 3.05) is 6.54 Å². The van der Waals surface area contributed by atoms with E-state index >= 15 is 0 Å². The first-order chi connectivity index (χ1) is 11.8. The highest BCUT2D eigenvalue weighted by atomic mass is 32.2. The molecule has 7 heteroatoms. The Morgan fingerprint density at radius 1 is 1.12 bits per heavy atom. The van der Waals surface area contributed by atoms with Crippen LogP contribution in [0.5, 0.6) is 0 Å². The van der Waals surface area contributed by atoms with Gasteiger partial charge in [0.1, 0.15) is 5.82 Å². The second kappa shape index (κ2) is 8.22. The van der Waals surface area contributed by atoms with Gasteiger partial charge in [-0.2, -0.15) is 0 Å². The summed E-state index contributed by atoms with van der Waals surface area (Å²) in [6, 6.07) is 11.9. The van der Waals surface area contributed by atoms with Crippen molar-refractivity contribution < 1.29 is 17.6 Å². The Morgan fingerprint density at radius 2 is 1.84 bits per heavy atom. The average molecular weight is 364 g/mol. The lowest BCUT2D eigenvalue weighted by atomic mass is 10.1. The van der Waals surface area contributed by atoms with Gasteiger partial charge in [-0.3, -0.25) is 4.79 Å². The van der Waals surface area contributed by atoms with Crippen LogP contribution in [0.4, 0.5) is 4.39 Å². The van der Waals surface area contributed by atoms with Gasteiger partial charge in [-0.05, 0) is 50.1 Å².